The quantitative estimate of drug-likeness (QED) is 0.792. The number of aromatic amines is 1. The molecule has 1 aromatic carbocycles. The van der Waals surface area contributed by atoms with Gasteiger partial charge in [0, 0.05) is 0 Å². The van der Waals surface area contributed by atoms with Gasteiger partial charge in [0.15, 0.2) is 0 Å². The van der Waals surface area contributed by atoms with Gasteiger partial charge < -0.3 is 0 Å². The Labute approximate surface area is 93.9 Å². The maximum atomic E-state index is 11.3. The van der Waals surface area contributed by atoms with Gasteiger partial charge in [-0.2, -0.15) is 9.78 Å². The molecule has 0 atom stereocenters. The minimum Gasteiger partial charge on any atom is -0.295 e. The van der Waals surface area contributed by atoms with Crippen molar-refractivity contribution < 1.29 is 0 Å². The number of hydrogen-bond donors (Lipinski definition) is 1. The van der Waals surface area contributed by atoms with Crippen LogP contribution >= 0.6 is 0 Å². The van der Waals surface area contributed by atoms with Crippen molar-refractivity contribution in [2.24, 2.45) is 0 Å². The van der Waals surface area contributed by atoms with Gasteiger partial charge in [0.1, 0.15) is 6.33 Å². The second kappa shape index (κ2) is 3.63. The van der Waals surface area contributed by atoms with E-state index >= 15 is 0 Å². The summed E-state index contributed by atoms with van der Waals surface area (Å²) in [5.41, 5.74) is 1.91. The molecule has 0 aliphatic heterocycles. The van der Waals surface area contributed by atoms with Gasteiger partial charge in [-0.3, -0.25) is 4.98 Å². The summed E-state index contributed by atoms with van der Waals surface area (Å²) in [5, 5.41) is 3.93. The summed E-state index contributed by atoms with van der Waals surface area (Å²) < 4.78 is 1.34. The maximum absolute atomic E-state index is 11.3. The number of benzene rings is 1. The normalized spacial score (nSPS) is 11.7. The molecule has 1 aromatic heterocycles. The van der Waals surface area contributed by atoms with E-state index in [1.54, 1.807) is 0 Å². The zero-order valence-corrected chi connectivity index (χ0v) is 9.69. The highest BCUT2D eigenvalue weighted by Crippen LogP contribution is 2.22. The molecule has 0 aliphatic rings. The molecule has 0 bridgehead atoms. The van der Waals surface area contributed by atoms with Gasteiger partial charge in [-0.25, -0.2) is 4.79 Å². The van der Waals surface area contributed by atoms with Crippen molar-refractivity contribution in [3.8, 4) is 5.69 Å². The molecule has 0 saturated carbocycles. The number of nitrogens with one attached hydrogen (secondary N) is 1. The number of hydrogen-bond acceptors (Lipinski definition) is 2. The van der Waals surface area contributed by atoms with Crippen molar-refractivity contribution >= 4 is 0 Å². The zero-order valence-electron chi connectivity index (χ0n) is 9.69. The Morgan fingerprint density at radius 2 is 1.81 bits per heavy atom. The van der Waals surface area contributed by atoms with E-state index in [1.165, 1.54) is 16.6 Å². The minimum absolute atomic E-state index is 0.120. The molecule has 84 valence electrons. The number of H-pyrrole nitrogens is 1. The molecule has 0 amide bonds. The lowest BCUT2D eigenvalue weighted by Crippen LogP contribution is -2.16. The van der Waals surface area contributed by atoms with Crippen LogP contribution in [0.3, 0.4) is 0 Å². The van der Waals surface area contributed by atoms with Gasteiger partial charge in [-0.15, -0.1) is 0 Å². The second-order valence-electron chi connectivity index (χ2n) is 4.80. The lowest BCUT2D eigenvalue weighted by Gasteiger charge is -2.18. The predicted molar refractivity (Wildman–Crippen MR) is 62.9 cm³/mol. The summed E-state index contributed by atoms with van der Waals surface area (Å²) in [7, 11) is 0. The Hall–Kier alpha value is -1.84. The van der Waals surface area contributed by atoms with Crippen molar-refractivity contribution in [3.63, 3.8) is 0 Å². The van der Waals surface area contributed by atoms with E-state index in [9.17, 15) is 4.79 Å². The van der Waals surface area contributed by atoms with Gasteiger partial charge >= 0.3 is 5.69 Å². The van der Waals surface area contributed by atoms with Crippen LogP contribution in [0.4, 0.5) is 0 Å². The van der Waals surface area contributed by atoms with Crippen LogP contribution in [0.1, 0.15) is 26.3 Å². The molecule has 16 heavy (non-hydrogen) atoms. The first-order valence-electron chi connectivity index (χ1n) is 5.22. The van der Waals surface area contributed by atoms with Crippen LogP contribution in [0.2, 0.25) is 0 Å². The first-order chi connectivity index (χ1) is 7.48. The fourth-order valence-electron chi connectivity index (χ4n) is 1.54. The van der Waals surface area contributed by atoms with Gasteiger partial charge in [-0.05, 0) is 23.1 Å². The molecule has 0 unspecified atom stereocenters. The molecular formula is C12H15N3O. The molecule has 0 spiro atoms. The Balaban J connectivity index is 2.41. The third-order valence-corrected chi connectivity index (χ3v) is 2.53. The zero-order chi connectivity index (χ0) is 11.8. The van der Waals surface area contributed by atoms with E-state index < -0.39 is 0 Å². The molecular weight excluding hydrogens is 202 g/mol. The third-order valence-electron chi connectivity index (χ3n) is 2.53. The summed E-state index contributed by atoms with van der Waals surface area (Å²) in [6.45, 7) is 6.47. The van der Waals surface area contributed by atoms with Crippen LogP contribution in [-0.2, 0) is 5.41 Å². The van der Waals surface area contributed by atoms with Gasteiger partial charge in [0.25, 0.3) is 0 Å². The summed E-state index contributed by atoms with van der Waals surface area (Å²) in [4.78, 5) is 13.9. The Kier molecular flexibility index (Phi) is 2.42. The summed E-state index contributed by atoms with van der Waals surface area (Å²) in [6.07, 6.45) is 1.39. The molecule has 1 N–H and O–H groups in total. The van der Waals surface area contributed by atoms with E-state index in [0.717, 1.165) is 5.69 Å². The van der Waals surface area contributed by atoms with E-state index in [1.807, 2.05) is 24.3 Å². The van der Waals surface area contributed by atoms with Gasteiger partial charge in [-0.1, -0.05) is 32.9 Å². The average molecular weight is 217 g/mol. The molecule has 0 radical (unpaired) electrons. The predicted octanol–water partition coefficient (Wildman–Crippen LogP) is 1.86. The van der Waals surface area contributed by atoms with Crippen LogP contribution in [0.25, 0.3) is 5.69 Å². The minimum atomic E-state index is -0.219. The third kappa shape index (κ3) is 1.91. The lowest BCUT2D eigenvalue weighted by atomic mass is 9.87. The van der Waals surface area contributed by atoms with Crippen molar-refractivity contribution in [2.45, 2.75) is 26.2 Å². The van der Waals surface area contributed by atoms with Crippen LogP contribution < -0.4 is 5.69 Å². The van der Waals surface area contributed by atoms with Crippen molar-refractivity contribution in [1.29, 1.82) is 0 Å². The Morgan fingerprint density at radius 3 is 2.25 bits per heavy atom. The standard InChI is InChI=1S/C12H15N3O/c1-12(2,3)9-4-6-10(7-5-9)15-11(16)13-8-14-15/h4-8H,1-3H3,(H,13,14,16). The van der Waals surface area contributed by atoms with E-state index in [4.69, 9.17) is 0 Å². The molecule has 0 saturated heterocycles. The Morgan fingerprint density at radius 1 is 1.19 bits per heavy atom. The highest BCUT2D eigenvalue weighted by molar-refractivity contribution is 5.35. The second-order valence-corrected chi connectivity index (χ2v) is 4.80. The topological polar surface area (TPSA) is 50.7 Å². The molecule has 1 heterocycles. The number of aromatic nitrogens is 3. The number of nitrogens with zero attached hydrogens (tertiary/aromatic N) is 2. The monoisotopic (exact) mass is 217 g/mol. The molecule has 2 rings (SSSR count). The molecule has 4 heteroatoms. The van der Waals surface area contributed by atoms with Crippen molar-refractivity contribution in [1.82, 2.24) is 14.8 Å². The lowest BCUT2D eigenvalue weighted by molar-refractivity contribution is 0.590. The van der Waals surface area contributed by atoms with E-state index in [2.05, 4.69) is 30.9 Å². The molecule has 0 aliphatic carbocycles. The van der Waals surface area contributed by atoms with E-state index in [-0.39, 0.29) is 11.1 Å². The first-order valence-corrected chi connectivity index (χ1v) is 5.22. The summed E-state index contributed by atoms with van der Waals surface area (Å²) in [6, 6.07) is 7.86. The van der Waals surface area contributed by atoms with Crippen LogP contribution in [0, 0.1) is 0 Å². The Bertz CT molecular complexity index is 528. The first kappa shape index (κ1) is 10.7. The smallest absolute Gasteiger partial charge is 0.295 e. The number of rotatable bonds is 1. The maximum Gasteiger partial charge on any atom is 0.347 e. The van der Waals surface area contributed by atoms with Crippen molar-refractivity contribution in [2.75, 3.05) is 0 Å². The fraction of sp³-hybridized carbons (Fsp3) is 0.333. The molecule has 0 fully saturated rings. The molecule has 4 nitrogen and oxygen atoms in total. The molecule has 2 aromatic rings. The average Bonchev–Trinajstić information content (AvgIpc) is 2.63. The SMILES string of the molecule is CC(C)(C)c1ccc(-n2nc[nH]c2=O)cc1. The van der Waals surface area contributed by atoms with E-state index in [0.29, 0.717) is 0 Å². The van der Waals surface area contributed by atoms with Gasteiger partial charge in [0.2, 0.25) is 0 Å². The van der Waals surface area contributed by atoms with Crippen LogP contribution in [0.5, 0.6) is 0 Å². The fourth-order valence-corrected chi connectivity index (χ4v) is 1.54. The summed E-state index contributed by atoms with van der Waals surface area (Å²) >= 11 is 0. The van der Waals surface area contributed by atoms with Crippen LogP contribution in [-0.4, -0.2) is 14.8 Å². The van der Waals surface area contributed by atoms with Crippen molar-refractivity contribution in [3.05, 3.63) is 46.6 Å². The highest BCUT2D eigenvalue weighted by atomic mass is 16.1. The summed E-state index contributed by atoms with van der Waals surface area (Å²) in [5.74, 6) is 0. The highest BCUT2D eigenvalue weighted by Gasteiger charge is 2.13. The largest absolute Gasteiger partial charge is 0.347 e. The van der Waals surface area contributed by atoms with Crippen LogP contribution in [0.15, 0.2) is 35.4 Å². The van der Waals surface area contributed by atoms with Gasteiger partial charge in [0.05, 0.1) is 5.69 Å².